The topological polar surface area (TPSA) is 183 Å². The second-order valence-electron chi connectivity index (χ2n) is 17.0. The van der Waals surface area contributed by atoms with Gasteiger partial charge in [0.15, 0.2) is 11.5 Å². The summed E-state index contributed by atoms with van der Waals surface area (Å²) >= 11 is 0. The summed E-state index contributed by atoms with van der Waals surface area (Å²) in [5.74, 6) is -2.65. The zero-order valence-electron chi connectivity index (χ0n) is 36.0. The number of hydrogen-bond donors (Lipinski definition) is 3. The molecule has 1 fully saturated rings. The number of cyclic esters (lactones) is 1. The molecule has 14 nitrogen and oxygen atoms in total. The summed E-state index contributed by atoms with van der Waals surface area (Å²) in [7, 11) is 4.34. The van der Waals surface area contributed by atoms with Gasteiger partial charge in [0, 0.05) is 68.1 Å². The molecule has 0 radical (unpaired) electrons. The van der Waals surface area contributed by atoms with Gasteiger partial charge in [0.1, 0.15) is 28.9 Å². The van der Waals surface area contributed by atoms with Crippen molar-refractivity contribution in [1.29, 1.82) is 0 Å². The molecule has 14 heteroatoms. The fraction of sp³-hybridized carbons (Fsp3) is 0.511. The van der Waals surface area contributed by atoms with Crippen molar-refractivity contribution in [2.24, 2.45) is 11.8 Å². The van der Waals surface area contributed by atoms with Crippen LogP contribution in [-0.2, 0) is 25.7 Å². The number of aromatic nitrogens is 1. The number of amides is 2. The Bertz CT molecular complexity index is 2190. The van der Waals surface area contributed by atoms with Crippen molar-refractivity contribution in [2.45, 2.75) is 109 Å². The van der Waals surface area contributed by atoms with Crippen LogP contribution in [0.5, 0.6) is 28.7 Å². The molecule has 3 aromatic rings. The van der Waals surface area contributed by atoms with Gasteiger partial charge in [-0.25, -0.2) is 4.79 Å². The normalized spacial score (nSPS) is 20.4. The Kier molecular flexibility index (Phi) is 14.5. The van der Waals surface area contributed by atoms with Gasteiger partial charge < -0.3 is 43.9 Å². The van der Waals surface area contributed by atoms with Crippen LogP contribution in [0.2, 0.25) is 0 Å². The van der Waals surface area contributed by atoms with Gasteiger partial charge in [0.05, 0.1) is 27.4 Å². The molecule has 1 aromatic heterocycles. The molecule has 2 amide bonds. The molecule has 61 heavy (non-hydrogen) atoms. The summed E-state index contributed by atoms with van der Waals surface area (Å²) in [6, 6.07) is 8.93. The third kappa shape index (κ3) is 10.2. The Morgan fingerprint density at radius 3 is 2.36 bits per heavy atom. The first-order chi connectivity index (χ1) is 29.2. The lowest BCUT2D eigenvalue weighted by Crippen LogP contribution is -2.55. The standard InChI is InChI=1S/C47H59N3O11/c1-27(2)18-35(46(56)49-24-29-19-32(26-49)36-16-11-17-41(54)50(36)25-29)48-40(53)23-34(31-21-38(58-4)45(60-6)39(22-31)59-5)43-37(52)20-30-13-8-7-9-14-33(51)15-10-12-28(3)61-47(57)42(30)44(43)55/h8,11,13,16-17,20-22,27-29,32,34-35,52,55H,7,9-10,12,14-15,18-19,23-26H2,1-6H3,(H,48,53)/t28-,29?,32?,34?,35-/m0/s1. The quantitative estimate of drug-likeness (QED) is 0.180. The molecule has 3 aliphatic heterocycles. The lowest BCUT2D eigenvalue weighted by molar-refractivity contribution is -0.139. The molecule has 1 saturated heterocycles. The van der Waals surface area contributed by atoms with E-state index in [2.05, 4.69) is 5.32 Å². The van der Waals surface area contributed by atoms with Crippen LogP contribution in [-0.4, -0.2) is 89.8 Å². The monoisotopic (exact) mass is 841 g/mol. The van der Waals surface area contributed by atoms with Crippen LogP contribution in [0.3, 0.4) is 0 Å². The van der Waals surface area contributed by atoms with Crippen LogP contribution in [0.15, 0.2) is 47.3 Å². The number of ketones is 1. The fourth-order valence-electron chi connectivity index (χ4n) is 9.14. The Morgan fingerprint density at radius 1 is 0.951 bits per heavy atom. The van der Waals surface area contributed by atoms with Crippen molar-refractivity contribution in [3.63, 3.8) is 0 Å². The highest BCUT2D eigenvalue weighted by molar-refractivity contribution is 5.98. The van der Waals surface area contributed by atoms with Gasteiger partial charge in [-0.1, -0.05) is 32.1 Å². The number of carbonyl (C=O) groups is 4. The summed E-state index contributed by atoms with van der Waals surface area (Å²) in [5.41, 5.74) is 1.14. The molecule has 0 aliphatic carbocycles. The van der Waals surface area contributed by atoms with Gasteiger partial charge in [-0.05, 0) is 92.7 Å². The van der Waals surface area contributed by atoms with E-state index in [9.17, 15) is 34.2 Å². The Balaban J connectivity index is 1.38. The number of aromatic hydroxyl groups is 2. The number of methoxy groups -OCH3 is 3. The minimum absolute atomic E-state index is 0.0150. The highest BCUT2D eigenvalue weighted by Gasteiger charge is 2.39. The summed E-state index contributed by atoms with van der Waals surface area (Å²) in [4.78, 5) is 69.7. The molecule has 4 heterocycles. The van der Waals surface area contributed by atoms with Crippen molar-refractivity contribution in [3.05, 3.63) is 80.8 Å². The van der Waals surface area contributed by atoms with Gasteiger partial charge in [-0.2, -0.15) is 0 Å². The lowest BCUT2D eigenvalue weighted by Gasteiger charge is -2.43. The smallest absolute Gasteiger partial charge is 0.342 e. The van der Waals surface area contributed by atoms with Crippen molar-refractivity contribution >= 4 is 29.6 Å². The van der Waals surface area contributed by atoms with E-state index in [0.29, 0.717) is 70.1 Å². The van der Waals surface area contributed by atoms with E-state index in [1.807, 2.05) is 19.9 Å². The minimum Gasteiger partial charge on any atom is -0.507 e. The first-order valence-electron chi connectivity index (χ1n) is 21.3. The third-order valence-electron chi connectivity index (χ3n) is 12.0. The van der Waals surface area contributed by atoms with Gasteiger partial charge in [0.2, 0.25) is 17.6 Å². The van der Waals surface area contributed by atoms with E-state index in [-0.39, 0.29) is 75.4 Å². The molecule has 3 aliphatic rings. The SMILES string of the molecule is COc1cc(C(CC(=O)N[C@@H](CC(C)C)C(=O)N2CC3CC(C2)c2cccc(=O)n2C3)c2c(O)cc3c(c2O)C(=O)O[C@@H](C)CCCC(=O)CCCC=C3)cc(OC)c1OC. The summed E-state index contributed by atoms with van der Waals surface area (Å²) in [6.45, 7) is 7.04. The van der Waals surface area contributed by atoms with Gasteiger partial charge >= 0.3 is 5.97 Å². The van der Waals surface area contributed by atoms with Crippen LogP contribution < -0.4 is 25.1 Å². The molecule has 2 bridgehead atoms. The number of phenols is 2. The van der Waals surface area contributed by atoms with E-state index in [1.165, 1.54) is 27.4 Å². The highest BCUT2D eigenvalue weighted by atomic mass is 16.5. The molecular formula is C47H59N3O11. The second kappa shape index (κ2) is 19.7. The number of Topliss-reactive ketones (excluding diaryl/α,β-unsaturated/α-hetero) is 1. The van der Waals surface area contributed by atoms with Crippen LogP contribution in [0, 0.1) is 11.8 Å². The third-order valence-corrected chi connectivity index (χ3v) is 12.0. The van der Waals surface area contributed by atoms with Crippen LogP contribution in [0.4, 0.5) is 0 Å². The number of allylic oxidation sites excluding steroid dienone is 1. The predicted octanol–water partition coefficient (Wildman–Crippen LogP) is 6.47. The predicted molar refractivity (Wildman–Crippen MR) is 228 cm³/mol. The molecule has 2 aromatic carbocycles. The number of carbonyl (C=O) groups excluding carboxylic acids is 4. The lowest BCUT2D eigenvalue weighted by atomic mass is 9.82. The maximum absolute atomic E-state index is 14.5. The number of piperidine rings is 1. The van der Waals surface area contributed by atoms with E-state index in [1.54, 1.807) is 52.8 Å². The number of nitrogens with one attached hydrogen (secondary N) is 1. The number of hydrogen-bond acceptors (Lipinski definition) is 11. The highest BCUT2D eigenvalue weighted by Crippen LogP contribution is 2.48. The number of fused-ring (bicyclic) bond motifs is 5. The van der Waals surface area contributed by atoms with E-state index < -0.39 is 41.4 Å². The minimum atomic E-state index is -1.12. The van der Waals surface area contributed by atoms with Crippen molar-refractivity contribution in [1.82, 2.24) is 14.8 Å². The zero-order chi connectivity index (χ0) is 44.0. The summed E-state index contributed by atoms with van der Waals surface area (Å²) in [5, 5.41) is 27.0. The average Bonchev–Trinajstić information content (AvgIpc) is 3.21. The number of esters is 1. The first kappa shape index (κ1) is 44.8. The van der Waals surface area contributed by atoms with Crippen LogP contribution in [0.25, 0.3) is 6.08 Å². The summed E-state index contributed by atoms with van der Waals surface area (Å²) in [6.07, 6.45) is 6.53. The number of pyridine rings is 1. The van der Waals surface area contributed by atoms with Crippen LogP contribution >= 0.6 is 0 Å². The Labute approximate surface area is 356 Å². The van der Waals surface area contributed by atoms with Crippen molar-refractivity contribution in [2.75, 3.05) is 34.4 Å². The number of nitrogens with zero attached hydrogens (tertiary/aromatic N) is 2. The largest absolute Gasteiger partial charge is 0.507 e. The molecule has 328 valence electrons. The van der Waals surface area contributed by atoms with Gasteiger partial charge in [-0.3, -0.25) is 19.2 Å². The second-order valence-corrected chi connectivity index (χ2v) is 17.0. The molecule has 3 unspecified atom stereocenters. The molecular weight excluding hydrogens is 783 g/mol. The number of benzene rings is 2. The van der Waals surface area contributed by atoms with Gasteiger partial charge in [-0.15, -0.1) is 0 Å². The van der Waals surface area contributed by atoms with E-state index in [4.69, 9.17) is 18.9 Å². The van der Waals surface area contributed by atoms with E-state index in [0.717, 1.165) is 12.1 Å². The Morgan fingerprint density at radius 2 is 1.67 bits per heavy atom. The number of phenolic OH excluding ortho intramolecular Hbond substituents is 2. The molecule has 0 spiro atoms. The first-order valence-corrected chi connectivity index (χ1v) is 21.3. The van der Waals surface area contributed by atoms with Crippen molar-refractivity contribution < 1.29 is 48.3 Å². The maximum atomic E-state index is 14.5. The fourth-order valence-corrected chi connectivity index (χ4v) is 9.14. The number of rotatable bonds is 11. The van der Waals surface area contributed by atoms with Crippen molar-refractivity contribution in [3.8, 4) is 28.7 Å². The zero-order valence-corrected chi connectivity index (χ0v) is 36.0. The number of likely N-dealkylation sites (tertiary alicyclic amines) is 1. The molecule has 3 N–H and O–H groups in total. The molecule has 6 rings (SSSR count). The average molecular weight is 842 g/mol. The molecule has 0 saturated carbocycles. The Hall–Kier alpha value is -5.79. The number of ether oxygens (including phenoxy) is 4. The summed E-state index contributed by atoms with van der Waals surface area (Å²) < 4.78 is 24.5. The van der Waals surface area contributed by atoms with Gasteiger partial charge in [0.25, 0.3) is 5.56 Å². The molecule has 5 atom stereocenters. The van der Waals surface area contributed by atoms with E-state index >= 15 is 0 Å². The van der Waals surface area contributed by atoms with Crippen LogP contribution in [0.1, 0.15) is 123 Å². The maximum Gasteiger partial charge on any atom is 0.342 e.